The highest BCUT2D eigenvalue weighted by atomic mass is 16.5. The lowest BCUT2D eigenvalue weighted by Crippen LogP contribution is -2.30. The number of fused-ring (bicyclic) bond motifs is 2. The SMILES string of the molecule is COc1ccc2c(c1C)N=CC1CC(/C=C/C(N)=O)CN1C2=C1CCC1. The van der Waals surface area contributed by atoms with Gasteiger partial charge >= 0.3 is 0 Å². The van der Waals surface area contributed by atoms with Gasteiger partial charge in [0, 0.05) is 29.6 Å². The summed E-state index contributed by atoms with van der Waals surface area (Å²) in [4.78, 5) is 18.4. The molecule has 0 spiro atoms. The molecule has 1 saturated carbocycles. The number of methoxy groups -OCH3 is 1. The predicted octanol–water partition coefficient (Wildman–Crippen LogP) is 3.35. The van der Waals surface area contributed by atoms with Gasteiger partial charge in [0.2, 0.25) is 5.91 Å². The van der Waals surface area contributed by atoms with Gasteiger partial charge in [-0.25, -0.2) is 0 Å². The van der Waals surface area contributed by atoms with Crippen molar-refractivity contribution in [3.8, 4) is 5.75 Å². The van der Waals surface area contributed by atoms with Crippen molar-refractivity contribution in [2.75, 3.05) is 13.7 Å². The molecule has 1 saturated heterocycles. The highest BCUT2D eigenvalue weighted by Gasteiger charge is 2.36. The van der Waals surface area contributed by atoms with Crippen molar-refractivity contribution in [1.29, 1.82) is 0 Å². The second kappa shape index (κ2) is 6.63. The van der Waals surface area contributed by atoms with Crippen molar-refractivity contribution in [2.45, 2.75) is 38.6 Å². The Labute approximate surface area is 154 Å². The normalized spacial score (nSPS) is 24.3. The summed E-state index contributed by atoms with van der Waals surface area (Å²) in [5.74, 6) is 0.810. The minimum absolute atomic E-state index is 0.249. The first-order valence-corrected chi connectivity index (χ1v) is 9.27. The number of ether oxygens (including phenoxy) is 1. The fourth-order valence-corrected chi connectivity index (χ4v) is 4.23. The minimum Gasteiger partial charge on any atom is -0.496 e. The van der Waals surface area contributed by atoms with Crippen molar-refractivity contribution in [1.82, 2.24) is 4.90 Å². The molecule has 0 radical (unpaired) electrons. The van der Waals surface area contributed by atoms with Gasteiger partial charge in [-0.05, 0) is 62.3 Å². The summed E-state index contributed by atoms with van der Waals surface area (Å²) in [5, 5.41) is 0. The lowest BCUT2D eigenvalue weighted by molar-refractivity contribution is -0.113. The predicted molar refractivity (Wildman–Crippen MR) is 104 cm³/mol. The molecule has 0 aromatic heterocycles. The number of benzene rings is 1. The van der Waals surface area contributed by atoms with E-state index in [2.05, 4.69) is 24.1 Å². The zero-order valence-electron chi connectivity index (χ0n) is 15.4. The van der Waals surface area contributed by atoms with Crippen LogP contribution in [-0.2, 0) is 4.79 Å². The summed E-state index contributed by atoms with van der Waals surface area (Å²) in [6.45, 7) is 2.97. The van der Waals surface area contributed by atoms with E-state index in [1.165, 1.54) is 29.3 Å². The number of allylic oxidation sites excluding steroid dienone is 1. The molecule has 136 valence electrons. The monoisotopic (exact) mass is 351 g/mol. The van der Waals surface area contributed by atoms with E-state index in [4.69, 9.17) is 15.5 Å². The Kier molecular flexibility index (Phi) is 4.31. The Morgan fingerprint density at radius 1 is 1.38 bits per heavy atom. The van der Waals surface area contributed by atoms with E-state index in [1.807, 2.05) is 12.1 Å². The van der Waals surface area contributed by atoms with E-state index in [0.717, 1.165) is 42.8 Å². The van der Waals surface area contributed by atoms with E-state index >= 15 is 0 Å². The number of amides is 1. The molecule has 1 amide bonds. The first kappa shape index (κ1) is 16.9. The number of nitrogens with two attached hydrogens (primary N) is 1. The van der Waals surface area contributed by atoms with Crippen LogP contribution in [0.3, 0.4) is 0 Å². The highest BCUT2D eigenvalue weighted by Crippen LogP contribution is 2.46. The molecule has 1 aliphatic carbocycles. The van der Waals surface area contributed by atoms with E-state index in [1.54, 1.807) is 7.11 Å². The smallest absolute Gasteiger partial charge is 0.241 e. The van der Waals surface area contributed by atoms with Crippen molar-refractivity contribution in [2.24, 2.45) is 16.6 Å². The summed E-state index contributed by atoms with van der Waals surface area (Å²) in [6.07, 6.45) is 10.0. The Balaban J connectivity index is 1.77. The Bertz CT molecular complexity index is 832. The van der Waals surface area contributed by atoms with E-state index in [-0.39, 0.29) is 11.9 Å². The number of nitrogens with zero attached hydrogens (tertiary/aromatic N) is 2. The standard InChI is InChI=1S/C21H25N3O2/c1-13-18(26-2)8-7-17-20(13)23-11-16-10-14(6-9-19(22)25)12-24(16)21(17)15-4-3-5-15/h6-9,11,14,16H,3-5,10,12H2,1-2H3,(H2,22,25)/b9-6+. The van der Waals surface area contributed by atoms with Gasteiger partial charge in [0.05, 0.1) is 18.8 Å². The quantitative estimate of drug-likeness (QED) is 0.849. The number of hydrogen-bond acceptors (Lipinski definition) is 4. The molecule has 2 heterocycles. The highest BCUT2D eigenvalue weighted by molar-refractivity contribution is 5.88. The fourth-order valence-electron chi connectivity index (χ4n) is 4.23. The number of hydrogen-bond donors (Lipinski definition) is 1. The summed E-state index contributed by atoms with van der Waals surface area (Å²) in [7, 11) is 1.70. The molecular weight excluding hydrogens is 326 g/mol. The molecule has 2 aliphatic heterocycles. The molecule has 0 bridgehead atoms. The molecule has 1 aromatic rings. The summed E-state index contributed by atoms with van der Waals surface area (Å²) in [6, 6.07) is 4.44. The maximum absolute atomic E-state index is 11.1. The van der Waals surface area contributed by atoms with Crippen LogP contribution in [0.1, 0.15) is 36.8 Å². The largest absolute Gasteiger partial charge is 0.496 e. The van der Waals surface area contributed by atoms with Crippen LogP contribution < -0.4 is 10.5 Å². The van der Waals surface area contributed by atoms with Crippen LogP contribution in [-0.4, -0.2) is 36.7 Å². The third-order valence-electron chi connectivity index (χ3n) is 5.72. The fraction of sp³-hybridized carbons (Fsp3) is 0.429. The van der Waals surface area contributed by atoms with Crippen molar-refractivity contribution < 1.29 is 9.53 Å². The van der Waals surface area contributed by atoms with Gasteiger partial charge in [-0.3, -0.25) is 9.79 Å². The van der Waals surface area contributed by atoms with E-state index in [9.17, 15) is 4.79 Å². The van der Waals surface area contributed by atoms with E-state index in [0.29, 0.717) is 5.92 Å². The molecule has 5 nitrogen and oxygen atoms in total. The molecule has 2 atom stereocenters. The Morgan fingerprint density at radius 2 is 2.19 bits per heavy atom. The second-order valence-corrected chi connectivity index (χ2v) is 7.35. The molecule has 1 aromatic carbocycles. The van der Waals surface area contributed by atoms with Crippen molar-refractivity contribution >= 4 is 23.5 Å². The van der Waals surface area contributed by atoms with Gasteiger partial charge < -0.3 is 15.4 Å². The number of carbonyl (C=O) groups excluding carboxylic acids is 1. The summed E-state index contributed by atoms with van der Waals surface area (Å²) < 4.78 is 5.50. The molecule has 26 heavy (non-hydrogen) atoms. The van der Waals surface area contributed by atoms with Crippen LogP contribution >= 0.6 is 0 Å². The summed E-state index contributed by atoms with van der Waals surface area (Å²) >= 11 is 0. The third kappa shape index (κ3) is 2.81. The minimum atomic E-state index is -0.383. The van der Waals surface area contributed by atoms with E-state index < -0.39 is 0 Å². The topological polar surface area (TPSA) is 67.9 Å². The molecule has 2 fully saturated rings. The van der Waals surface area contributed by atoms with Crippen molar-refractivity contribution in [3.63, 3.8) is 0 Å². The van der Waals surface area contributed by atoms with Crippen LogP contribution in [0.25, 0.3) is 5.70 Å². The van der Waals surface area contributed by atoms with Gasteiger partial charge in [-0.15, -0.1) is 0 Å². The zero-order chi connectivity index (χ0) is 18.3. The number of primary amides is 1. The molecular formula is C21H25N3O2. The second-order valence-electron chi connectivity index (χ2n) is 7.35. The molecule has 2 unspecified atom stereocenters. The van der Waals surface area contributed by atoms with Crippen LogP contribution in [0.5, 0.6) is 5.75 Å². The Morgan fingerprint density at radius 3 is 2.85 bits per heavy atom. The third-order valence-corrected chi connectivity index (χ3v) is 5.72. The van der Waals surface area contributed by atoms with Crippen LogP contribution in [0.15, 0.2) is 34.9 Å². The molecule has 2 N–H and O–H groups in total. The van der Waals surface area contributed by atoms with Gasteiger partial charge in [0.15, 0.2) is 0 Å². The lowest BCUT2D eigenvalue weighted by Gasteiger charge is -2.32. The Hall–Kier alpha value is -2.56. The van der Waals surface area contributed by atoms with Gasteiger partial charge in [0.1, 0.15) is 5.75 Å². The lowest BCUT2D eigenvalue weighted by atomic mass is 9.87. The number of carbonyl (C=O) groups is 1. The maximum atomic E-state index is 11.1. The first-order chi connectivity index (χ1) is 12.6. The van der Waals surface area contributed by atoms with Gasteiger partial charge in [-0.2, -0.15) is 0 Å². The summed E-state index contributed by atoms with van der Waals surface area (Å²) in [5.41, 5.74) is 11.4. The van der Waals surface area contributed by atoms with Crippen LogP contribution in [0, 0.1) is 12.8 Å². The first-order valence-electron chi connectivity index (χ1n) is 9.27. The number of aliphatic imine (C=N–C) groups is 1. The van der Waals surface area contributed by atoms with Crippen LogP contribution in [0.2, 0.25) is 0 Å². The van der Waals surface area contributed by atoms with Crippen LogP contribution in [0.4, 0.5) is 5.69 Å². The number of rotatable bonds is 3. The van der Waals surface area contributed by atoms with Crippen molar-refractivity contribution in [3.05, 3.63) is 41.0 Å². The zero-order valence-corrected chi connectivity index (χ0v) is 15.4. The average molecular weight is 351 g/mol. The average Bonchev–Trinajstić information content (AvgIpc) is 2.91. The van der Waals surface area contributed by atoms with Gasteiger partial charge in [0.25, 0.3) is 0 Å². The molecule has 5 heteroatoms. The maximum Gasteiger partial charge on any atom is 0.241 e. The molecule has 3 aliphatic rings. The van der Waals surface area contributed by atoms with Gasteiger partial charge in [-0.1, -0.05) is 6.08 Å². The molecule has 4 rings (SSSR count).